The van der Waals surface area contributed by atoms with Crippen LogP contribution in [0.2, 0.25) is 5.02 Å². The number of anilines is 1. The Morgan fingerprint density at radius 3 is 2.62 bits per heavy atom. The average Bonchev–Trinajstić information content (AvgIpc) is 2.96. The Hall–Kier alpha value is -2.40. The van der Waals surface area contributed by atoms with Crippen molar-refractivity contribution in [3.63, 3.8) is 0 Å². The SMILES string of the molecule is O=C(NCc1ccccc1F)[C@@H]1CCN(c2ccc(Cl)cc2)C1=O. The lowest BCUT2D eigenvalue weighted by Gasteiger charge is -2.17. The molecule has 124 valence electrons. The third-order valence-corrected chi connectivity index (χ3v) is 4.32. The molecule has 3 rings (SSSR count). The van der Waals surface area contributed by atoms with Crippen LogP contribution in [0.5, 0.6) is 0 Å². The van der Waals surface area contributed by atoms with Gasteiger partial charge >= 0.3 is 0 Å². The van der Waals surface area contributed by atoms with Gasteiger partial charge in [0.05, 0.1) is 0 Å². The molecule has 0 bridgehead atoms. The molecule has 0 aliphatic carbocycles. The monoisotopic (exact) mass is 346 g/mol. The van der Waals surface area contributed by atoms with E-state index in [0.717, 1.165) is 0 Å². The fourth-order valence-electron chi connectivity index (χ4n) is 2.75. The highest BCUT2D eigenvalue weighted by Gasteiger charge is 2.37. The maximum atomic E-state index is 13.6. The average molecular weight is 347 g/mol. The van der Waals surface area contributed by atoms with Gasteiger partial charge in [-0.05, 0) is 36.8 Å². The molecule has 0 radical (unpaired) electrons. The second kappa shape index (κ2) is 7.01. The minimum Gasteiger partial charge on any atom is -0.351 e. The van der Waals surface area contributed by atoms with Gasteiger partial charge < -0.3 is 10.2 Å². The predicted octanol–water partition coefficient (Wildman–Crippen LogP) is 3.15. The molecule has 0 aromatic heterocycles. The first-order chi connectivity index (χ1) is 11.6. The van der Waals surface area contributed by atoms with Crippen LogP contribution in [-0.2, 0) is 16.1 Å². The molecule has 1 aliphatic rings. The number of rotatable bonds is 4. The molecule has 0 saturated carbocycles. The van der Waals surface area contributed by atoms with Crippen LogP contribution in [0.25, 0.3) is 0 Å². The summed E-state index contributed by atoms with van der Waals surface area (Å²) in [6.45, 7) is 0.536. The van der Waals surface area contributed by atoms with Gasteiger partial charge in [0.2, 0.25) is 11.8 Å². The third kappa shape index (κ3) is 3.41. The molecule has 2 amide bonds. The largest absolute Gasteiger partial charge is 0.351 e. The van der Waals surface area contributed by atoms with Crippen molar-refractivity contribution in [1.82, 2.24) is 5.32 Å². The molecule has 6 heteroatoms. The molecule has 1 saturated heterocycles. The summed E-state index contributed by atoms with van der Waals surface area (Å²) in [5, 5.41) is 3.23. The number of carbonyl (C=O) groups is 2. The summed E-state index contributed by atoms with van der Waals surface area (Å²) in [5.74, 6) is -1.74. The van der Waals surface area contributed by atoms with Crippen LogP contribution in [-0.4, -0.2) is 18.4 Å². The van der Waals surface area contributed by atoms with Crippen molar-refractivity contribution in [2.24, 2.45) is 5.92 Å². The van der Waals surface area contributed by atoms with Gasteiger partial charge in [0.15, 0.2) is 0 Å². The van der Waals surface area contributed by atoms with Crippen LogP contribution >= 0.6 is 11.6 Å². The van der Waals surface area contributed by atoms with Gasteiger partial charge in [-0.3, -0.25) is 9.59 Å². The normalized spacial score (nSPS) is 17.2. The zero-order chi connectivity index (χ0) is 17.1. The Morgan fingerprint density at radius 1 is 1.21 bits per heavy atom. The van der Waals surface area contributed by atoms with E-state index in [1.54, 1.807) is 47.4 Å². The Morgan fingerprint density at radius 2 is 1.92 bits per heavy atom. The number of benzene rings is 2. The van der Waals surface area contributed by atoms with Crippen LogP contribution in [0.15, 0.2) is 48.5 Å². The summed E-state index contributed by atoms with van der Waals surface area (Å²) >= 11 is 5.85. The van der Waals surface area contributed by atoms with E-state index in [1.807, 2.05) is 0 Å². The number of hydrogen-bond donors (Lipinski definition) is 1. The molecule has 0 unspecified atom stereocenters. The lowest BCUT2D eigenvalue weighted by atomic mass is 10.1. The van der Waals surface area contributed by atoms with E-state index in [2.05, 4.69) is 5.32 Å². The number of halogens is 2. The molecule has 2 aromatic carbocycles. The third-order valence-electron chi connectivity index (χ3n) is 4.07. The molecule has 2 aromatic rings. The van der Waals surface area contributed by atoms with Crippen molar-refractivity contribution in [3.05, 3.63) is 64.9 Å². The van der Waals surface area contributed by atoms with E-state index in [-0.39, 0.29) is 24.2 Å². The first kappa shape index (κ1) is 16.5. The van der Waals surface area contributed by atoms with Crippen LogP contribution < -0.4 is 10.2 Å². The van der Waals surface area contributed by atoms with E-state index in [1.165, 1.54) is 6.07 Å². The van der Waals surface area contributed by atoms with Gasteiger partial charge in [-0.25, -0.2) is 4.39 Å². The summed E-state index contributed by atoms with van der Waals surface area (Å²) in [5.41, 5.74) is 1.11. The molecule has 1 fully saturated rings. The zero-order valence-electron chi connectivity index (χ0n) is 12.8. The van der Waals surface area contributed by atoms with Crippen molar-refractivity contribution in [3.8, 4) is 0 Å². The predicted molar refractivity (Wildman–Crippen MR) is 90.2 cm³/mol. The van der Waals surface area contributed by atoms with Crippen molar-refractivity contribution >= 4 is 29.1 Å². The zero-order valence-corrected chi connectivity index (χ0v) is 13.6. The van der Waals surface area contributed by atoms with Crippen molar-refractivity contribution in [1.29, 1.82) is 0 Å². The van der Waals surface area contributed by atoms with Gasteiger partial charge in [0, 0.05) is 29.4 Å². The smallest absolute Gasteiger partial charge is 0.239 e. The molecular formula is C18H16ClFN2O2. The van der Waals surface area contributed by atoms with Gasteiger partial charge in [0.25, 0.3) is 0 Å². The highest BCUT2D eigenvalue weighted by Crippen LogP contribution is 2.26. The molecular weight excluding hydrogens is 331 g/mol. The molecule has 4 nitrogen and oxygen atoms in total. The molecule has 24 heavy (non-hydrogen) atoms. The molecule has 1 heterocycles. The second-order valence-electron chi connectivity index (χ2n) is 5.62. The van der Waals surface area contributed by atoms with Crippen LogP contribution in [0, 0.1) is 11.7 Å². The molecule has 0 spiro atoms. The van der Waals surface area contributed by atoms with E-state index >= 15 is 0 Å². The Balaban J connectivity index is 1.63. The van der Waals surface area contributed by atoms with Crippen molar-refractivity contribution in [2.75, 3.05) is 11.4 Å². The molecule has 1 aliphatic heterocycles. The number of nitrogens with zero attached hydrogens (tertiary/aromatic N) is 1. The Kier molecular flexibility index (Phi) is 4.81. The summed E-state index contributed by atoms with van der Waals surface area (Å²) in [6.07, 6.45) is 0.435. The number of hydrogen-bond acceptors (Lipinski definition) is 2. The van der Waals surface area contributed by atoms with E-state index in [9.17, 15) is 14.0 Å². The molecule has 1 atom stereocenters. The summed E-state index contributed by atoms with van der Waals surface area (Å²) < 4.78 is 13.6. The maximum absolute atomic E-state index is 13.6. The first-order valence-electron chi connectivity index (χ1n) is 7.64. The Bertz CT molecular complexity index is 764. The van der Waals surface area contributed by atoms with Crippen molar-refractivity contribution < 1.29 is 14.0 Å². The summed E-state index contributed by atoms with van der Waals surface area (Å²) in [7, 11) is 0. The van der Waals surface area contributed by atoms with Gasteiger partial charge in [-0.1, -0.05) is 29.8 Å². The van der Waals surface area contributed by atoms with E-state index < -0.39 is 5.92 Å². The van der Waals surface area contributed by atoms with Crippen molar-refractivity contribution in [2.45, 2.75) is 13.0 Å². The van der Waals surface area contributed by atoms with Gasteiger partial charge in [-0.15, -0.1) is 0 Å². The lowest BCUT2D eigenvalue weighted by molar-refractivity contribution is -0.132. The highest BCUT2D eigenvalue weighted by molar-refractivity contribution is 6.30. The topological polar surface area (TPSA) is 49.4 Å². The number of nitrogens with one attached hydrogen (secondary N) is 1. The van der Waals surface area contributed by atoms with Crippen LogP contribution in [0.1, 0.15) is 12.0 Å². The molecule has 1 N–H and O–H groups in total. The Labute approximate surface area is 144 Å². The first-order valence-corrected chi connectivity index (χ1v) is 8.02. The van der Waals surface area contributed by atoms with E-state index in [4.69, 9.17) is 11.6 Å². The highest BCUT2D eigenvalue weighted by atomic mass is 35.5. The fourth-order valence-corrected chi connectivity index (χ4v) is 2.87. The van der Waals surface area contributed by atoms with Crippen LogP contribution in [0.3, 0.4) is 0 Å². The van der Waals surface area contributed by atoms with Gasteiger partial charge in [0.1, 0.15) is 11.7 Å². The quantitative estimate of drug-likeness (QED) is 0.865. The standard InChI is InChI=1S/C18H16ClFN2O2/c19-13-5-7-14(8-6-13)22-10-9-15(18(22)24)17(23)21-11-12-3-1-2-4-16(12)20/h1-8,15H,9-11H2,(H,21,23)/t15-/m0/s1. The van der Waals surface area contributed by atoms with E-state index in [0.29, 0.717) is 29.2 Å². The maximum Gasteiger partial charge on any atom is 0.239 e. The summed E-state index contributed by atoms with van der Waals surface area (Å²) in [6, 6.07) is 13.1. The number of amides is 2. The minimum atomic E-state index is -0.743. The van der Waals surface area contributed by atoms with Gasteiger partial charge in [-0.2, -0.15) is 0 Å². The fraction of sp³-hybridized carbons (Fsp3) is 0.222. The van der Waals surface area contributed by atoms with Crippen LogP contribution in [0.4, 0.5) is 10.1 Å². The lowest BCUT2D eigenvalue weighted by Crippen LogP contribution is -2.36. The number of carbonyl (C=O) groups excluding carboxylic acids is 2. The summed E-state index contributed by atoms with van der Waals surface area (Å²) in [4.78, 5) is 26.3. The minimum absolute atomic E-state index is 0.0657. The second-order valence-corrected chi connectivity index (χ2v) is 6.05.